The molecule has 1 aromatic rings. The van der Waals surface area contributed by atoms with Gasteiger partial charge in [0.15, 0.2) is 16.7 Å². The lowest BCUT2D eigenvalue weighted by molar-refractivity contribution is -0.138. The molecule has 10 heteroatoms. The summed E-state index contributed by atoms with van der Waals surface area (Å²) in [7, 11) is 1.54. The van der Waals surface area contributed by atoms with E-state index in [1.165, 1.54) is 6.21 Å². The topological polar surface area (TPSA) is 110 Å². The van der Waals surface area contributed by atoms with Crippen LogP contribution in [0.1, 0.15) is 18.9 Å². The van der Waals surface area contributed by atoms with Crippen molar-refractivity contribution in [1.82, 2.24) is 5.32 Å². The molecule has 1 unspecified atom stereocenters. The summed E-state index contributed by atoms with van der Waals surface area (Å²) in [6.45, 7) is 2.39. The van der Waals surface area contributed by atoms with Gasteiger partial charge in [0.2, 0.25) is 5.91 Å². The highest BCUT2D eigenvalue weighted by Gasteiger charge is 2.32. The van der Waals surface area contributed by atoms with E-state index < -0.39 is 11.2 Å². The molecule has 1 heterocycles. The molecule has 1 amide bonds. The smallest absolute Gasteiger partial charge is 0.305 e. The van der Waals surface area contributed by atoms with Gasteiger partial charge >= 0.3 is 5.97 Å². The average molecular weight is 430 g/mol. The van der Waals surface area contributed by atoms with Gasteiger partial charge in [0.25, 0.3) is 0 Å². The normalized spacial score (nSPS) is 18.6. The first kappa shape index (κ1) is 19.3. The number of hydrogen-bond donors (Lipinski definition) is 2. The zero-order valence-electron chi connectivity index (χ0n) is 13.5. The summed E-state index contributed by atoms with van der Waals surface area (Å²) in [4.78, 5) is 22.3. The Bertz CT molecular complexity index is 738. The number of ether oxygens (including phenoxy) is 2. The molecule has 0 aliphatic carbocycles. The van der Waals surface area contributed by atoms with Crippen molar-refractivity contribution in [3.63, 3.8) is 0 Å². The molecular formula is C15H16BrN3O5S. The Hall–Kier alpha value is -2.07. The molecule has 0 aromatic heterocycles. The zero-order chi connectivity index (χ0) is 18.4. The fourth-order valence-corrected chi connectivity index (χ4v) is 3.31. The lowest BCUT2D eigenvalue weighted by Gasteiger charge is -2.10. The van der Waals surface area contributed by atoms with E-state index in [9.17, 15) is 9.59 Å². The number of carboxylic acid groups (broad SMARTS) is 1. The third-order valence-corrected chi connectivity index (χ3v) is 4.82. The van der Waals surface area contributed by atoms with Crippen LogP contribution >= 0.6 is 27.7 Å². The van der Waals surface area contributed by atoms with Crippen LogP contribution in [0, 0.1) is 0 Å². The third kappa shape index (κ3) is 5.20. The molecule has 2 N–H and O–H groups in total. The predicted octanol–water partition coefficient (Wildman–Crippen LogP) is 2.25. The monoisotopic (exact) mass is 429 g/mol. The van der Waals surface area contributed by atoms with Gasteiger partial charge in [-0.25, -0.2) is 0 Å². The van der Waals surface area contributed by atoms with E-state index in [2.05, 4.69) is 31.4 Å². The number of aliphatic carboxylic acids is 1. The molecule has 1 fully saturated rings. The number of nitrogens with zero attached hydrogens (tertiary/aromatic N) is 2. The Labute approximate surface area is 156 Å². The SMILES string of the molecule is CCOc1cc(Br)c(C=NN=C2NC(=O)C(CC(=O)O)S2)cc1OC. The van der Waals surface area contributed by atoms with Crippen LogP contribution < -0.4 is 14.8 Å². The fraction of sp³-hybridized carbons (Fsp3) is 0.333. The number of benzene rings is 1. The van der Waals surface area contributed by atoms with Gasteiger partial charge < -0.3 is 19.9 Å². The highest BCUT2D eigenvalue weighted by molar-refractivity contribution is 9.10. The number of carbonyl (C=O) groups is 2. The summed E-state index contributed by atoms with van der Waals surface area (Å²) in [6, 6.07) is 3.51. The van der Waals surface area contributed by atoms with E-state index in [0.29, 0.717) is 23.7 Å². The molecule has 8 nitrogen and oxygen atoms in total. The van der Waals surface area contributed by atoms with Gasteiger partial charge in [0.1, 0.15) is 5.25 Å². The summed E-state index contributed by atoms with van der Waals surface area (Å²) in [5.74, 6) is -0.257. The molecule has 0 saturated carbocycles. The van der Waals surface area contributed by atoms with Gasteiger partial charge in [-0.3, -0.25) is 9.59 Å². The first-order chi connectivity index (χ1) is 11.9. The van der Waals surface area contributed by atoms with Gasteiger partial charge in [-0.15, -0.1) is 5.10 Å². The number of methoxy groups -OCH3 is 1. The van der Waals surface area contributed by atoms with Crippen LogP contribution in [0.4, 0.5) is 0 Å². The van der Waals surface area contributed by atoms with Crippen LogP contribution in [0.3, 0.4) is 0 Å². The highest BCUT2D eigenvalue weighted by Crippen LogP contribution is 2.33. The Kier molecular flexibility index (Phi) is 6.82. The number of nitrogens with one attached hydrogen (secondary N) is 1. The molecule has 1 aromatic carbocycles. The number of rotatable bonds is 7. The van der Waals surface area contributed by atoms with Crippen LogP contribution in [0.2, 0.25) is 0 Å². The quantitative estimate of drug-likeness (QED) is 0.507. The fourth-order valence-electron chi connectivity index (χ4n) is 1.97. The minimum atomic E-state index is -1.04. The molecule has 1 aliphatic heterocycles. The van der Waals surface area contributed by atoms with Gasteiger partial charge in [-0.1, -0.05) is 11.8 Å². The summed E-state index contributed by atoms with van der Waals surface area (Å²) < 4.78 is 11.5. The minimum absolute atomic E-state index is 0.263. The van der Waals surface area contributed by atoms with Crippen LogP contribution in [-0.2, 0) is 9.59 Å². The maximum absolute atomic E-state index is 11.6. The van der Waals surface area contributed by atoms with Crippen LogP contribution in [0.25, 0.3) is 0 Å². The number of amides is 1. The highest BCUT2D eigenvalue weighted by atomic mass is 79.9. The van der Waals surface area contributed by atoms with Crippen molar-refractivity contribution in [2.75, 3.05) is 13.7 Å². The number of thioether (sulfide) groups is 1. The Morgan fingerprint density at radius 2 is 2.24 bits per heavy atom. The van der Waals surface area contributed by atoms with Crippen molar-refractivity contribution in [2.45, 2.75) is 18.6 Å². The van der Waals surface area contributed by atoms with Crippen LogP contribution in [0.5, 0.6) is 11.5 Å². The molecule has 0 bridgehead atoms. The van der Waals surface area contributed by atoms with Crippen LogP contribution in [0.15, 0.2) is 26.8 Å². The van der Waals surface area contributed by atoms with Crippen molar-refractivity contribution in [1.29, 1.82) is 0 Å². The molecule has 2 rings (SSSR count). The van der Waals surface area contributed by atoms with E-state index in [0.717, 1.165) is 16.2 Å². The first-order valence-electron chi connectivity index (χ1n) is 7.25. The first-order valence-corrected chi connectivity index (χ1v) is 8.92. The number of halogens is 1. The zero-order valence-corrected chi connectivity index (χ0v) is 15.9. The summed E-state index contributed by atoms with van der Waals surface area (Å²) in [5, 5.41) is 18.7. The predicted molar refractivity (Wildman–Crippen MR) is 98.7 cm³/mol. The van der Waals surface area contributed by atoms with E-state index in [-0.39, 0.29) is 17.5 Å². The summed E-state index contributed by atoms with van der Waals surface area (Å²) in [6.07, 6.45) is 1.23. The number of carbonyl (C=O) groups excluding carboxylic acids is 1. The van der Waals surface area contributed by atoms with Crippen molar-refractivity contribution in [2.24, 2.45) is 10.2 Å². The van der Waals surface area contributed by atoms with Gasteiger partial charge in [-0.2, -0.15) is 5.10 Å². The van der Waals surface area contributed by atoms with E-state index >= 15 is 0 Å². The van der Waals surface area contributed by atoms with E-state index in [1.807, 2.05) is 6.92 Å². The van der Waals surface area contributed by atoms with E-state index in [1.54, 1.807) is 19.2 Å². The lowest BCUT2D eigenvalue weighted by Crippen LogP contribution is -2.26. The largest absolute Gasteiger partial charge is 0.493 e. The summed E-state index contributed by atoms with van der Waals surface area (Å²) >= 11 is 4.47. The number of carboxylic acids is 1. The second kappa shape index (κ2) is 8.86. The lowest BCUT2D eigenvalue weighted by atomic mass is 10.2. The molecule has 25 heavy (non-hydrogen) atoms. The van der Waals surface area contributed by atoms with Crippen LogP contribution in [-0.4, -0.2) is 47.3 Å². The average Bonchev–Trinajstić information content (AvgIpc) is 2.89. The summed E-state index contributed by atoms with van der Waals surface area (Å²) in [5.41, 5.74) is 0.709. The minimum Gasteiger partial charge on any atom is -0.493 e. The van der Waals surface area contributed by atoms with Crippen molar-refractivity contribution in [3.05, 3.63) is 22.2 Å². The van der Waals surface area contributed by atoms with Crippen molar-refractivity contribution in [3.8, 4) is 11.5 Å². The standard InChI is InChI=1S/C15H16BrN3O5S/c1-3-24-11-5-9(16)8(4-10(11)23-2)7-17-19-15-18-14(22)12(25-15)6-13(20)21/h4-5,7,12H,3,6H2,1-2H3,(H,20,21)(H,18,19,22). The molecule has 0 radical (unpaired) electrons. The molecule has 1 aliphatic rings. The number of amidine groups is 1. The van der Waals surface area contributed by atoms with E-state index in [4.69, 9.17) is 14.6 Å². The molecule has 134 valence electrons. The van der Waals surface area contributed by atoms with Gasteiger partial charge in [0, 0.05) is 10.0 Å². The third-order valence-electron chi connectivity index (χ3n) is 3.06. The molecule has 0 spiro atoms. The second-order valence-corrected chi connectivity index (χ2v) is 6.85. The Balaban J connectivity index is 2.12. The molecular weight excluding hydrogens is 414 g/mol. The molecule has 1 atom stereocenters. The van der Waals surface area contributed by atoms with Gasteiger partial charge in [0.05, 0.1) is 26.4 Å². The molecule has 1 saturated heterocycles. The Morgan fingerprint density at radius 1 is 1.48 bits per heavy atom. The maximum atomic E-state index is 11.6. The second-order valence-electron chi connectivity index (χ2n) is 4.80. The Morgan fingerprint density at radius 3 is 2.88 bits per heavy atom. The van der Waals surface area contributed by atoms with Crippen molar-refractivity contribution < 1.29 is 24.2 Å². The maximum Gasteiger partial charge on any atom is 0.305 e. The number of hydrogen-bond acceptors (Lipinski definition) is 7. The van der Waals surface area contributed by atoms with Crippen molar-refractivity contribution >= 4 is 51.0 Å². The van der Waals surface area contributed by atoms with Gasteiger partial charge in [-0.05, 0) is 35.0 Å².